The van der Waals surface area contributed by atoms with Gasteiger partial charge in [-0.05, 0) is 49.7 Å². The molecule has 0 aliphatic carbocycles. The zero-order valence-electron chi connectivity index (χ0n) is 14.4. The molecule has 1 aliphatic heterocycles. The minimum atomic E-state index is -0.792. The standard InChI is InChI=1S/C19H27NO4/c1-24-17-7-3-2-6-16(17)14-15-10-12-20(13-11-15)18(21)8-4-5-9-19(22)23/h2-3,6-7,15H,4-5,8-14H2,1H3,(H,22,23). The molecule has 1 fully saturated rings. The van der Waals surface area contributed by atoms with E-state index in [4.69, 9.17) is 9.84 Å². The van der Waals surface area contributed by atoms with Crippen molar-refractivity contribution in [1.29, 1.82) is 0 Å². The number of nitrogens with zero attached hydrogens (tertiary/aromatic N) is 1. The van der Waals surface area contributed by atoms with Crippen LogP contribution in [-0.2, 0) is 16.0 Å². The first-order chi connectivity index (χ1) is 11.6. The number of hydrogen-bond donors (Lipinski definition) is 1. The van der Waals surface area contributed by atoms with Gasteiger partial charge in [0.1, 0.15) is 5.75 Å². The molecule has 0 bridgehead atoms. The topological polar surface area (TPSA) is 66.8 Å². The molecule has 0 saturated carbocycles. The van der Waals surface area contributed by atoms with Crippen LogP contribution in [0, 0.1) is 5.92 Å². The van der Waals surface area contributed by atoms with Crippen molar-refractivity contribution in [3.63, 3.8) is 0 Å². The molecule has 0 spiro atoms. The Morgan fingerprint density at radius 1 is 1.17 bits per heavy atom. The molecule has 2 rings (SSSR count). The molecule has 1 amide bonds. The van der Waals surface area contributed by atoms with Crippen LogP contribution in [-0.4, -0.2) is 42.1 Å². The average molecular weight is 333 g/mol. The van der Waals surface area contributed by atoms with Crippen molar-refractivity contribution in [1.82, 2.24) is 4.90 Å². The predicted octanol–water partition coefficient (Wildman–Crippen LogP) is 3.12. The fourth-order valence-electron chi connectivity index (χ4n) is 3.28. The highest BCUT2D eigenvalue weighted by molar-refractivity contribution is 5.76. The maximum atomic E-state index is 12.2. The minimum absolute atomic E-state index is 0.147. The van der Waals surface area contributed by atoms with E-state index in [9.17, 15) is 9.59 Å². The van der Waals surface area contributed by atoms with Crippen molar-refractivity contribution in [2.75, 3.05) is 20.2 Å². The third kappa shape index (κ3) is 5.55. The summed E-state index contributed by atoms with van der Waals surface area (Å²) in [4.78, 5) is 24.6. The van der Waals surface area contributed by atoms with Crippen LogP contribution in [0.15, 0.2) is 24.3 Å². The summed E-state index contributed by atoms with van der Waals surface area (Å²) >= 11 is 0. The van der Waals surface area contributed by atoms with Gasteiger partial charge in [0.15, 0.2) is 0 Å². The average Bonchev–Trinajstić information content (AvgIpc) is 2.59. The number of unbranched alkanes of at least 4 members (excludes halogenated alkanes) is 1. The smallest absolute Gasteiger partial charge is 0.303 e. The van der Waals surface area contributed by atoms with E-state index in [1.807, 2.05) is 23.1 Å². The van der Waals surface area contributed by atoms with Gasteiger partial charge in [0.2, 0.25) is 5.91 Å². The molecule has 5 nitrogen and oxygen atoms in total. The number of likely N-dealkylation sites (tertiary alicyclic amines) is 1. The molecule has 1 aromatic carbocycles. The van der Waals surface area contributed by atoms with E-state index in [1.165, 1.54) is 5.56 Å². The van der Waals surface area contributed by atoms with Gasteiger partial charge in [-0.2, -0.15) is 0 Å². The van der Waals surface area contributed by atoms with Crippen LogP contribution < -0.4 is 4.74 Å². The van der Waals surface area contributed by atoms with Crippen LogP contribution >= 0.6 is 0 Å². The van der Waals surface area contributed by atoms with Crippen LogP contribution in [0.1, 0.15) is 44.1 Å². The third-order valence-electron chi connectivity index (χ3n) is 4.70. The molecule has 1 N–H and O–H groups in total. The maximum Gasteiger partial charge on any atom is 0.303 e. The minimum Gasteiger partial charge on any atom is -0.496 e. The lowest BCUT2D eigenvalue weighted by atomic mass is 9.89. The van der Waals surface area contributed by atoms with Gasteiger partial charge in [-0.25, -0.2) is 0 Å². The summed E-state index contributed by atoms with van der Waals surface area (Å²) in [5.41, 5.74) is 1.23. The van der Waals surface area contributed by atoms with E-state index < -0.39 is 5.97 Å². The Bertz CT molecular complexity index is 550. The molecule has 0 unspecified atom stereocenters. The van der Waals surface area contributed by atoms with Crippen LogP contribution in [0.2, 0.25) is 0 Å². The van der Waals surface area contributed by atoms with Gasteiger partial charge in [-0.15, -0.1) is 0 Å². The second-order valence-electron chi connectivity index (χ2n) is 6.44. The second kappa shape index (κ2) is 9.30. The van der Waals surface area contributed by atoms with Crippen LogP contribution in [0.5, 0.6) is 5.75 Å². The van der Waals surface area contributed by atoms with Gasteiger partial charge in [0.05, 0.1) is 7.11 Å². The fraction of sp³-hybridized carbons (Fsp3) is 0.579. The number of rotatable bonds is 8. The number of carboxylic acid groups (broad SMARTS) is 1. The first kappa shape index (κ1) is 18.3. The van der Waals surface area contributed by atoms with Gasteiger partial charge in [0.25, 0.3) is 0 Å². The van der Waals surface area contributed by atoms with Crippen molar-refractivity contribution >= 4 is 11.9 Å². The number of carboxylic acids is 1. The largest absolute Gasteiger partial charge is 0.496 e. The zero-order valence-corrected chi connectivity index (χ0v) is 14.4. The number of ether oxygens (including phenoxy) is 1. The van der Waals surface area contributed by atoms with Crippen LogP contribution in [0.25, 0.3) is 0 Å². The van der Waals surface area contributed by atoms with Crippen molar-refractivity contribution in [3.8, 4) is 5.75 Å². The number of carbonyl (C=O) groups excluding carboxylic acids is 1. The Labute approximate surface area is 143 Å². The van der Waals surface area contributed by atoms with Crippen LogP contribution in [0.3, 0.4) is 0 Å². The summed E-state index contributed by atoms with van der Waals surface area (Å²) in [5, 5.41) is 8.61. The first-order valence-electron chi connectivity index (χ1n) is 8.71. The lowest BCUT2D eigenvalue weighted by Crippen LogP contribution is -2.38. The van der Waals surface area contributed by atoms with Crippen LogP contribution in [0.4, 0.5) is 0 Å². The number of aliphatic carboxylic acids is 1. The van der Waals surface area contributed by atoms with E-state index in [0.29, 0.717) is 25.2 Å². The maximum absolute atomic E-state index is 12.2. The third-order valence-corrected chi connectivity index (χ3v) is 4.70. The van der Waals surface area contributed by atoms with Crippen molar-refractivity contribution in [2.45, 2.75) is 44.9 Å². The Kier molecular flexibility index (Phi) is 7.09. The number of methoxy groups -OCH3 is 1. The molecular weight excluding hydrogens is 306 g/mol. The fourth-order valence-corrected chi connectivity index (χ4v) is 3.28. The molecule has 1 aliphatic rings. The zero-order chi connectivity index (χ0) is 17.4. The molecule has 1 aromatic rings. The predicted molar refractivity (Wildman–Crippen MR) is 92.1 cm³/mol. The lowest BCUT2D eigenvalue weighted by molar-refractivity contribution is -0.137. The number of amides is 1. The molecular formula is C19H27NO4. The Morgan fingerprint density at radius 3 is 2.50 bits per heavy atom. The monoisotopic (exact) mass is 333 g/mol. The molecule has 132 valence electrons. The Morgan fingerprint density at radius 2 is 1.83 bits per heavy atom. The Balaban J connectivity index is 1.73. The second-order valence-corrected chi connectivity index (χ2v) is 6.44. The number of para-hydroxylation sites is 1. The van der Waals surface area contributed by atoms with Crippen molar-refractivity contribution in [3.05, 3.63) is 29.8 Å². The molecule has 1 saturated heterocycles. The molecule has 0 atom stereocenters. The van der Waals surface area contributed by atoms with Gasteiger partial charge in [-0.3, -0.25) is 9.59 Å². The number of carbonyl (C=O) groups is 2. The summed E-state index contributed by atoms with van der Waals surface area (Å²) in [6, 6.07) is 8.12. The summed E-state index contributed by atoms with van der Waals surface area (Å²) < 4.78 is 5.41. The molecule has 0 aromatic heterocycles. The van der Waals surface area contributed by atoms with Gasteiger partial charge in [-0.1, -0.05) is 18.2 Å². The normalized spacial score (nSPS) is 15.3. The summed E-state index contributed by atoms with van der Waals surface area (Å²) in [6.07, 6.45) is 4.86. The number of piperidine rings is 1. The lowest BCUT2D eigenvalue weighted by Gasteiger charge is -2.32. The van der Waals surface area contributed by atoms with Crippen molar-refractivity contribution < 1.29 is 19.4 Å². The van der Waals surface area contributed by atoms with E-state index in [0.717, 1.165) is 38.1 Å². The van der Waals surface area contributed by atoms with Gasteiger partial charge in [0, 0.05) is 25.9 Å². The highest BCUT2D eigenvalue weighted by atomic mass is 16.5. The SMILES string of the molecule is COc1ccccc1CC1CCN(C(=O)CCCCC(=O)O)CC1. The quantitative estimate of drug-likeness (QED) is 0.742. The van der Waals surface area contributed by atoms with E-state index in [1.54, 1.807) is 7.11 Å². The van der Waals surface area contributed by atoms with Gasteiger partial charge < -0.3 is 14.7 Å². The summed E-state index contributed by atoms with van der Waals surface area (Å²) in [7, 11) is 1.70. The van der Waals surface area contributed by atoms with Gasteiger partial charge >= 0.3 is 5.97 Å². The highest BCUT2D eigenvalue weighted by Crippen LogP contribution is 2.27. The summed E-state index contributed by atoms with van der Waals surface area (Å²) in [6.45, 7) is 1.61. The van der Waals surface area contributed by atoms with E-state index in [-0.39, 0.29) is 12.3 Å². The molecule has 1 heterocycles. The summed E-state index contributed by atoms with van der Waals surface area (Å²) in [5.74, 6) is 0.891. The highest BCUT2D eigenvalue weighted by Gasteiger charge is 2.23. The van der Waals surface area contributed by atoms with E-state index in [2.05, 4.69) is 6.07 Å². The number of hydrogen-bond acceptors (Lipinski definition) is 3. The van der Waals surface area contributed by atoms with E-state index >= 15 is 0 Å². The Hall–Kier alpha value is -2.04. The number of benzene rings is 1. The molecule has 0 radical (unpaired) electrons. The first-order valence-corrected chi connectivity index (χ1v) is 8.71. The molecule has 24 heavy (non-hydrogen) atoms. The van der Waals surface area contributed by atoms with Crippen molar-refractivity contribution in [2.24, 2.45) is 5.92 Å². The molecule has 5 heteroatoms.